The van der Waals surface area contributed by atoms with E-state index < -0.39 is 27.9 Å². The summed E-state index contributed by atoms with van der Waals surface area (Å²) in [6.45, 7) is 0. The molecule has 0 radical (unpaired) electrons. The molecule has 5 nitrogen and oxygen atoms in total. The minimum absolute atomic E-state index is 0.0688. The molecule has 24 heavy (non-hydrogen) atoms. The van der Waals surface area contributed by atoms with Gasteiger partial charge in [0.25, 0.3) is 5.91 Å². The first-order chi connectivity index (χ1) is 11.1. The summed E-state index contributed by atoms with van der Waals surface area (Å²) in [5, 5.41) is 4.26. The fraction of sp³-hybridized carbons (Fsp3) is 0.154. The molecule has 0 bridgehead atoms. The lowest BCUT2D eigenvalue weighted by Gasteiger charge is -2.11. The monoisotopic (exact) mass is 398 g/mol. The normalized spacial score (nSPS) is 12.0. The van der Waals surface area contributed by atoms with E-state index in [4.69, 9.17) is 11.6 Å². The second-order valence-electron chi connectivity index (χ2n) is 4.60. The van der Waals surface area contributed by atoms with E-state index in [1.54, 1.807) is 22.9 Å². The van der Waals surface area contributed by atoms with Gasteiger partial charge in [-0.25, -0.2) is 8.42 Å². The Bertz CT molecular complexity index is 850. The fourth-order valence-corrected chi connectivity index (χ4v) is 3.75. The van der Waals surface area contributed by atoms with Gasteiger partial charge in [-0.05, 0) is 29.6 Å². The molecule has 0 saturated carbocycles. The zero-order valence-corrected chi connectivity index (χ0v) is 14.1. The number of nitrogens with one attached hydrogen (secondary N) is 2. The van der Waals surface area contributed by atoms with Crippen LogP contribution in [0.5, 0.6) is 0 Å². The third kappa shape index (κ3) is 5.39. The molecule has 1 heterocycles. The Hall–Kier alpha value is -1.78. The van der Waals surface area contributed by atoms with Crippen molar-refractivity contribution in [2.24, 2.45) is 0 Å². The van der Waals surface area contributed by atoms with Gasteiger partial charge in [0.1, 0.15) is 4.88 Å². The number of anilines is 2. The number of hydrogen-bond donors (Lipinski definition) is 2. The van der Waals surface area contributed by atoms with Crippen molar-refractivity contribution >= 4 is 50.2 Å². The van der Waals surface area contributed by atoms with Gasteiger partial charge in [-0.15, -0.1) is 11.3 Å². The van der Waals surface area contributed by atoms with Crippen molar-refractivity contribution in [3.8, 4) is 0 Å². The van der Waals surface area contributed by atoms with Gasteiger partial charge in [-0.2, -0.15) is 13.2 Å². The van der Waals surface area contributed by atoms with Crippen LogP contribution in [0.15, 0.2) is 35.7 Å². The smallest absolute Gasteiger partial charge is 0.321 e. The predicted molar refractivity (Wildman–Crippen MR) is 87.2 cm³/mol. The molecular formula is C13H10ClF3N2O3S2. The molecule has 0 aliphatic heterocycles. The number of thiophene rings is 1. The van der Waals surface area contributed by atoms with E-state index in [1.807, 2.05) is 0 Å². The summed E-state index contributed by atoms with van der Waals surface area (Å²) in [5.41, 5.74) is 0.147. The summed E-state index contributed by atoms with van der Waals surface area (Å²) in [6.07, 6.45) is -4.88. The summed E-state index contributed by atoms with van der Waals surface area (Å²) in [6, 6.07) is 7.44. The van der Waals surface area contributed by atoms with E-state index in [0.717, 1.165) is 11.3 Å². The highest BCUT2D eigenvalue weighted by Gasteiger charge is 2.35. The molecule has 1 aromatic heterocycles. The standard InChI is InChI=1S/C13H10ClF3N2O3S2/c14-8-2-1-3-9(6-8)18-12(20)11-10(4-5-23-11)19-24(21,22)7-13(15,16)17/h1-6,19H,7H2,(H,18,20). The minimum atomic E-state index is -4.88. The van der Waals surface area contributed by atoms with Gasteiger partial charge >= 0.3 is 6.18 Å². The molecule has 2 N–H and O–H groups in total. The Kier molecular flexibility index (Phi) is 5.41. The lowest BCUT2D eigenvalue weighted by molar-refractivity contribution is -0.106. The van der Waals surface area contributed by atoms with Crippen LogP contribution in [0.1, 0.15) is 9.67 Å². The van der Waals surface area contributed by atoms with Gasteiger partial charge < -0.3 is 5.32 Å². The first-order valence-electron chi connectivity index (χ1n) is 6.27. The number of hydrogen-bond acceptors (Lipinski definition) is 4. The lowest BCUT2D eigenvalue weighted by Crippen LogP contribution is -2.28. The number of benzene rings is 1. The molecule has 2 aromatic rings. The zero-order chi connectivity index (χ0) is 18.0. The van der Waals surface area contributed by atoms with Gasteiger partial charge in [-0.3, -0.25) is 9.52 Å². The van der Waals surface area contributed by atoms with Crippen LogP contribution < -0.4 is 10.0 Å². The van der Waals surface area contributed by atoms with Crippen LogP contribution in [0, 0.1) is 0 Å². The van der Waals surface area contributed by atoms with E-state index in [0.29, 0.717) is 10.7 Å². The second kappa shape index (κ2) is 6.99. The highest BCUT2D eigenvalue weighted by atomic mass is 35.5. The van der Waals surface area contributed by atoms with E-state index in [-0.39, 0.29) is 10.6 Å². The van der Waals surface area contributed by atoms with Gasteiger partial charge in [-0.1, -0.05) is 17.7 Å². The fourth-order valence-electron chi connectivity index (χ4n) is 1.74. The number of carbonyl (C=O) groups excluding carboxylic acids is 1. The van der Waals surface area contributed by atoms with Crippen LogP contribution in [-0.4, -0.2) is 26.3 Å². The number of sulfonamides is 1. The number of rotatable bonds is 5. The van der Waals surface area contributed by atoms with Gasteiger partial charge in [0.05, 0.1) is 5.69 Å². The second-order valence-corrected chi connectivity index (χ2v) is 7.68. The average Bonchev–Trinajstić information content (AvgIpc) is 2.82. The Labute approximate surface area is 144 Å². The third-order valence-electron chi connectivity index (χ3n) is 2.57. The number of amides is 1. The van der Waals surface area contributed by atoms with Crippen molar-refractivity contribution in [3.05, 3.63) is 45.6 Å². The molecule has 11 heteroatoms. The molecule has 1 aromatic carbocycles. The molecular weight excluding hydrogens is 389 g/mol. The molecule has 0 atom stereocenters. The van der Waals surface area contributed by atoms with Gasteiger partial charge in [0, 0.05) is 10.7 Å². The van der Waals surface area contributed by atoms with Crippen LogP contribution in [0.2, 0.25) is 5.02 Å². The summed E-state index contributed by atoms with van der Waals surface area (Å²) in [4.78, 5) is 12.1. The molecule has 0 aliphatic rings. The molecule has 0 unspecified atom stereocenters. The van der Waals surface area contributed by atoms with E-state index >= 15 is 0 Å². The Morgan fingerprint density at radius 1 is 1.25 bits per heavy atom. The topological polar surface area (TPSA) is 75.3 Å². The molecule has 2 rings (SSSR count). The number of halogens is 4. The molecule has 0 fully saturated rings. The molecule has 0 spiro atoms. The summed E-state index contributed by atoms with van der Waals surface area (Å²) >= 11 is 6.67. The van der Waals surface area contributed by atoms with Crippen LogP contribution >= 0.6 is 22.9 Å². The van der Waals surface area contributed by atoms with Crippen molar-refractivity contribution < 1.29 is 26.4 Å². The van der Waals surface area contributed by atoms with E-state index in [9.17, 15) is 26.4 Å². The van der Waals surface area contributed by atoms with E-state index in [2.05, 4.69) is 5.32 Å². The maximum atomic E-state index is 12.3. The van der Waals surface area contributed by atoms with Crippen molar-refractivity contribution in [1.29, 1.82) is 0 Å². The first-order valence-corrected chi connectivity index (χ1v) is 9.18. The van der Waals surface area contributed by atoms with Crippen molar-refractivity contribution in [3.63, 3.8) is 0 Å². The summed E-state index contributed by atoms with van der Waals surface area (Å²) in [5.74, 6) is -2.71. The lowest BCUT2D eigenvalue weighted by atomic mass is 10.3. The molecule has 1 amide bonds. The largest absolute Gasteiger partial charge is 0.404 e. The number of carbonyl (C=O) groups is 1. The van der Waals surface area contributed by atoms with Crippen LogP contribution in [-0.2, 0) is 10.0 Å². The van der Waals surface area contributed by atoms with Crippen LogP contribution in [0.4, 0.5) is 24.5 Å². The number of alkyl halides is 3. The highest BCUT2D eigenvalue weighted by Crippen LogP contribution is 2.27. The average molecular weight is 399 g/mol. The SMILES string of the molecule is O=C(Nc1cccc(Cl)c1)c1sccc1NS(=O)(=O)CC(F)(F)F. The summed E-state index contributed by atoms with van der Waals surface area (Å²) < 4.78 is 61.6. The molecule has 0 aliphatic carbocycles. The van der Waals surface area contributed by atoms with Crippen molar-refractivity contribution in [2.75, 3.05) is 15.8 Å². The quantitative estimate of drug-likeness (QED) is 0.800. The maximum absolute atomic E-state index is 12.3. The Morgan fingerprint density at radius 3 is 2.58 bits per heavy atom. The third-order valence-corrected chi connectivity index (χ3v) is 4.96. The van der Waals surface area contributed by atoms with Crippen LogP contribution in [0.25, 0.3) is 0 Å². The Balaban J connectivity index is 2.16. The highest BCUT2D eigenvalue weighted by molar-refractivity contribution is 7.92. The van der Waals surface area contributed by atoms with E-state index in [1.165, 1.54) is 17.5 Å². The van der Waals surface area contributed by atoms with Gasteiger partial charge in [0.2, 0.25) is 10.0 Å². The predicted octanol–water partition coefficient (Wildman–Crippen LogP) is 3.96. The van der Waals surface area contributed by atoms with Crippen molar-refractivity contribution in [2.45, 2.75) is 6.18 Å². The molecule has 0 saturated heterocycles. The minimum Gasteiger partial charge on any atom is -0.321 e. The van der Waals surface area contributed by atoms with Gasteiger partial charge in [0.15, 0.2) is 5.75 Å². The Morgan fingerprint density at radius 2 is 1.96 bits per heavy atom. The van der Waals surface area contributed by atoms with Crippen molar-refractivity contribution in [1.82, 2.24) is 0 Å². The maximum Gasteiger partial charge on any atom is 0.404 e. The zero-order valence-electron chi connectivity index (χ0n) is 11.7. The molecule has 130 valence electrons. The first kappa shape index (κ1) is 18.6. The summed E-state index contributed by atoms with van der Waals surface area (Å²) in [7, 11) is -4.67. The van der Waals surface area contributed by atoms with Crippen LogP contribution in [0.3, 0.4) is 0 Å².